The summed E-state index contributed by atoms with van der Waals surface area (Å²) in [5.74, 6) is -2.05. The maximum absolute atomic E-state index is 13.3. The van der Waals surface area contributed by atoms with Crippen LogP contribution < -0.4 is 5.32 Å². The van der Waals surface area contributed by atoms with Crippen molar-refractivity contribution >= 4 is 0 Å². The van der Waals surface area contributed by atoms with Crippen molar-refractivity contribution in [1.82, 2.24) is 5.32 Å². The number of rotatable bonds is 4. The first-order valence-corrected chi connectivity index (χ1v) is 7.48. The maximum Gasteiger partial charge on any atom is 0.187 e. The highest BCUT2D eigenvalue weighted by molar-refractivity contribution is 5.29. The van der Waals surface area contributed by atoms with E-state index in [4.69, 9.17) is 5.11 Å². The highest BCUT2D eigenvalue weighted by Gasteiger charge is 2.19. The Balaban J connectivity index is 1.90. The summed E-state index contributed by atoms with van der Waals surface area (Å²) in [6.45, 7) is 2.56. The summed E-state index contributed by atoms with van der Waals surface area (Å²) in [7, 11) is 0. The molecule has 1 aromatic carbocycles. The van der Waals surface area contributed by atoms with Crippen LogP contribution in [0.3, 0.4) is 0 Å². The van der Waals surface area contributed by atoms with Gasteiger partial charge in [-0.25, -0.2) is 8.78 Å². The summed E-state index contributed by atoms with van der Waals surface area (Å²) in [4.78, 5) is 0. The fraction of sp³-hybridized carbons (Fsp3) is 0.625. The van der Waals surface area contributed by atoms with E-state index in [-0.39, 0.29) is 0 Å². The summed E-state index contributed by atoms with van der Waals surface area (Å²) in [5, 5.41) is 12.4. The summed E-state index contributed by atoms with van der Waals surface area (Å²) in [6.07, 6.45) is 7.65. The third-order valence-electron chi connectivity index (χ3n) is 4.31. The molecule has 0 saturated heterocycles. The monoisotopic (exact) mass is 283 g/mol. The van der Waals surface area contributed by atoms with E-state index in [9.17, 15) is 8.78 Å². The third-order valence-corrected chi connectivity index (χ3v) is 4.31. The number of phenolic OH excluding ortho intramolecular Hbond substituents is 1. The lowest BCUT2D eigenvalue weighted by molar-refractivity contribution is 0.336. The van der Waals surface area contributed by atoms with Crippen LogP contribution in [0.1, 0.15) is 51.0 Å². The molecule has 0 aromatic heterocycles. The number of halogens is 2. The minimum atomic E-state index is -0.899. The van der Waals surface area contributed by atoms with E-state index in [2.05, 4.69) is 12.2 Å². The highest BCUT2D eigenvalue weighted by atomic mass is 19.1. The normalized spacial score (nSPS) is 18.8. The SMILES string of the molecule is C[C@@H](NCc1cc(F)c(O)c(F)c1)C1CCCCCC1. The van der Waals surface area contributed by atoms with Gasteiger partial charge in [-0.1, -0.05) is 25.7 Å². The van der Waals surface area contributed by atoms with E-state index in [0.717, 1.165) is 0 Å². The molecule has 1 aliphatic rings. The number of phenols is 1. The van der Waals surface area contributed by atoms with Gasteiger partial charge in [0.25, 0.3) is 0 Å². The lowest BCUT2D eigenvalue weighted by Gasteiger charge is -2.23. The molecule has 4 heteroatoms. The first-order valence-electron chi connectivity index (χ1n) is 7.48. The van der Waals surface area contributed by atoms with E-state index in [1.807, 2.05) is 0 Å². The predicted molar refractivity (Wildman–Crippen MR) is 75.5 cm³/mol. The van der Waals surface area contributed by atoms with Crippen molar-refractivity contribution in [2.24, 2.45) is 5.92 Å². The standard InChI is InChI=1S/C16H23F2NO/c1-11(13-6-4-2-3-5-7-13)19-10-12-8-14(17)16(20)15(18)9-12/h8-9,11,13,19-20H,2-7,10H2,1H3/t11-/m1/s1. The van der Waals surface area contributed by atoms with Gasteiger partial charge in [0, 0.05) is 12.6 Å². The molecule has 1 atom stereocenters. The van der Waals surface area contributed by atoms with Crippen LogP contribution in [0.25, 0.3) is 0 Å². The molecule has 20 heavy (non-hydrogen) atoms. The number of hydrogen-bond acceptors (Lipinski definition) is 2. The molecule has 1 aliphatic carbocycles. The zero-order chi connectivity index (χ0) is 14.5. The van der Waals surface area contributed by atoms with Crippen LogP contribution >= 0.6 is 0 Å². The molecule has 0 heterocycles. The van der Waals surface area contributed by atoms with E-state index in [1.54, 1.807) is 0 Å². The van der Waals surface area contributed by atoms with Crippen LogP contribution in [0.2, 0.25) is 0 Å². The maximum atomic E-state index is 13.3. The van der Waals surface area contributed by atoms with Crippen molar-refractivity contribution in [2.45, 2.75) is 58.0 Å². The molecule has 0 amide bonds. The Morgan fingerprint density at radius 2 is 1.70 bits per heavy atom. The van der Waals surface area contributed by atoms with Crippen molar-refractivity contribution in [3.8, 4) is 5.75 Å². The van der Waals surface area contributed by atoms with Gasteiger partial charge in [-0.05, 0) is 43.4 Å². The molecule has 0 radical (unpaired) electrons. The lowest BCUT2D eigenvalue weighted by atomic mass is 9.93. The fourth-order valence-corrected chi connectivity index (χ4v) is 2.98. The van der Waals surface area contributed by atoms with Gasteiger partial charge in [0.1, 0.15) is 0 Å². The Hall–Kier alpha value is -1.16. The second kappa shape index (κ2) is 7.02. The molecule has 2 rings (SSSR count). The van der Waals surface area contributed by atoms with Crippen molar-refractivity contribution in [3.05, 3.63) is 29.3 Å². The van der Waals surface area contributed by atoms with E-state index in [1.165, 1.54) is 50.7 Å². The summed E-state index contributed by atoms with van der Waals surface area (Å²) < 4.78 is 26.5. The van der Waals surface area contributed by atoms with Gasteiger partial charge in [-0.15, -0.1) is 0 Å². The minimum Gasteiger partial charge on any atom is -0.503 e. The molecule has 0 unspecified atom stereocenters. The summed E-state index contributed by atoms with van der Waals surface area (Å²) in [6, 6.07) is 2.71. The molecule has 1 saturated carbocycles. The van der Waals surface area contributed by atoms with Crippen LogP contribution in [0.15, 0.2) is 12.1 Å². The molecule has 2 nitrogen and oxygen atoms in total. The Labute approximate surface area is 119 Å². The van der Waals surface area contributed by atoms with Gasteiger partial charge >= 0.3 is 0 Å². The van der Waals surface area contributed by atoms with E-state index < -0.39 is 17.4 Å². The minimum absolute atomic E-state index is 0.341. The molecule has 0 aliphatic heterocycles. The van der Waals surface area contributed by atoms with Crippen molar-refractivity contribution < 1.29 is 13.9 Å². The van der Waals surface area contributed by atoms with E-state index >= 15 is 0 Å². The number of nitrogens with one attached hydrogen (secondary N) is 1. The Bertz CT molecular complexity index is 419. The van der Waals surface area contributed by atoms with E-state index in [0.29, 0.717) is 24.1 Å². The lowest BCUT2D eigenvalue weighted by Crippen LogP contribution is -2.33. The zero-order valence-electron chi connectivity index (χ0n) is 12.0. The fourth-order valence-electron chi connectivity index (χ4n) is 2.98. The van der Waals surface area contributed by atoms with Gasteiger partial charge in [-0.3, -0.25) is 0 Å². The Kier molecular flexibility index (Phi) is 5.35. The molecule has 1 fully saturated rings. The van der Waals surface area contributed by atoms with Crippen LogP contribution in [-0.2, 0) is 6.54 Å². The average Bonchev–Trinajstić information content (AvgIpc) is 2.71. The van der Waals surface area contributed by atoms with Crippen molar-refractivity contribution in [1.29, 1.82) is 0 Å². The van der Waals surface area contributed by atoms with Crippen molar-refractivity contribution in [3.63, 3.8) is 0 Å². The highest BCUT2D eigenvalue weighted by Crippen LogP contribution is 2.26. The first kappa shape index (κ1) is 15.2. The second-order valence-electron chi connectivity index (χ2n) is 5.83. The van der Waals surface area contributed by atoms with Crippen LogP contribution in [0, 0.1) is 17.6 Å². The Morgan fingerprint density at radius 3 is 2.25 bits per heavy atom. The van der Waals surface area contributed by atoms with Crippen LogP contribution in [0.5, 0.6) is 5.75 Å². The summed E-state index contributed by atoms with van der Waals surface area (Å²) >= 11 is 0. The molecule has 0 bridgehead atoms. The molecular weight excluding hydrogens is 260 g/mol. The first-order chi connectivity index (χ1) is 9.58. The number of hydrogen-bond donors (Lipinski definition) is 2. The molecule has 0 spiro atoms. The largest absolute Gasteiger partial charge is 0.503 e. The predicted octanol–water partition coefficient (Wildman–Crippen LogP) is 4.12. The summed E-state index contributed by atoms with van der Waals surface area (Å²) in [5.41, 5.74) is 0.526. The molecular formula is C16H23F2NO. The van der Waals surface area contributed by atoms with Crippen LogP contribution in [-0.4, -0.2) is 11.1 Å². The number of aromatic hydroxyl groups is 1. The van der Waals surface area contributed by atoms with Crippen molar-refractivity contribution in [2.75, 3.05) is 0 Å². The van der Waals surface area contributed by atoms with Gasteiger partial charge in [0.15, 0.2) is 17.4 Å². The molecule has 1 aromatic rings. The topological polar surface area (TPSA) is 32.3 Å². The molecule has 2 N–H and O–H groups in total. The average molecular weight is 283 g/mol. The van der Waals surface area contributed by atoms with Gasteiger partial charge in [0.2, 0.25) is 0 Å². The quantitative estimate of drug-likeness (QED) is 0.815. The van der Waals surface area contributed by atoms with Crippen LogP contribution in [0.4, 0.5) is 8.78 Å². The number of benzene rings is 1. The van der Waals surface area contributed by atoms with Gasteiger partial charge < -0.3 is 10.4 Å². The zero-order valence-corrected chi connectivity index (χ0v) is 12.0. The van der Waals surface area contributed by atoms with Gasteiger partial charge in [-0.2, -0.15) is 0 Å². The second-order valence-corrected chi connectivity index (χ2v) is 5.83. The third kappa shape index (κ3) is 3.92. The smallest absolute Gasteiger partial charge is 0.187 e. The Morgan fingerprint density at radius 1 is 1.15 bits per heavy atom. The van der Waals surface area contributed by atoms with Gasteiger partial charge in [0.05, 0.1) is 0 Å². The molecule has 112 valence electrons.